The van der Waals surface area contributed by atoms with Crippen LogP contribution < -0.4 is 93.7 Å². The standard InChI is InChI=1S/C49H89N17O11/c1-2-3-4-5-6-7-8-9-10-11-12-13-17-20-40(67)58-32(22-50)41(68)60-34(24-52)43(70)62-36(26-54)45(72)64-38(28-56)47(74)66-39(29-57)48(75)65-37(27-55)46(73)63-35(25-53)44(71)61-33(23-51)42(69)59-31(49(76)77)21-30-18-15-14-16-19-30/h14-16,18-19,31-39H,2-13,17,20-29,50-57H2,1H3,(H,58,67)(H,59,69)(H,60,68)(H,61,71)(H,62,70)(H,63,73)(H,64,72)(H,65,75)(H,66,74)(H,76,77)/t31-,32+,33+,34+,35+,36+,37+,38+,39+/m0/s1. The normalized spacial score (nSPS) is 14.6. The van der Waals surface area contributed by atoms with Crippen LogP contribution in [0.15, 0.2) is 30.3 Å². The molecule has 1 aromatic rings. The highest BCUT2D eigenvalue weighted by atomic mass is 16.4. The number of carbonyl (C=O) groups excluding carboxylic acids is 9. The number of hydrogen-bond donors (Lipinski definition) is 18. The maximum Gasteiger partial charge on any atom is 0.326 e. The zero-order chi connectivity index (χ0) is 57.7. The van der Waals surface area contributed by atoms with Gasteiger partial charge in [-0.2, -0.15) is 0 Å². The molecule has 0 spiro atoms. The molecule has 28 heteroatoms. The molecule has 77 heavy (non-hydrogen) atoms. The van der Waals surface area contributed by atoms with E-state index in [1.165, 1.54) is 51.4 Å². The Kier molecular flexibility index (Phi) is 35.6. The molecule has 28 nitrogen and oxygen atoms in total. The molecule has 0 heterocycles. The van der Waals surface area contributed by atoms with E-state index in [2.05, 4.69) is 54.8 Å². The highest BCUT2D eigenvalue weighted by molar-refractivity contribution is 5.98. The van der Waals surface area contributed by atoms with E-state index in [0.717, 1.165) is 25.7 Å². The van der Waals surface area contributed by atoms with Gasteiger partial charge >= 0.3 is 5.97 Å². The van der Waals surface area contributed by atoms with Crippen LogP contribution in [0.4, 0.5) is 0 Å². The Labute approximate surface area is 450 Å². The fourth-order valence-corrected chi connectivity index (χ4v) is 7.65. The number of carboxylic acids is 1. The van der Waals surface area contributed by atoms with E-state index >= 15 is 0 Å². The maximum absolute atomic E-state index is 13.3. The maximum atomic E-state index is 13.3. The highest BCUT2D eigenvalue weighted by Gasteiger charge is 2.34. The van der Waals surface area contributed by atoms with E-state index in [1.54, 1.807) is 30.3 Å². The lowest BCUT2D eigenvalue weighted by Gasteiger charge is -2.26. The Morgan fingerprint density at radius 2 is 0.584 bits per heavy atom. The number of amides is 9. The monoisotopic (exact) mass is 1090 g/mol. The van der Waals surface area contributed by atoms with E-state index in [0.29, 0.717) is 12.0 Å². The Hall–Kier alpha value is -6.40. The van der Waals surface area contributed by atoms with Gasteiger partial charge in [0.25, 0.3) is 0 Å². The number of hydrogen-bond acceptors (Lipinski definition) is 18. The first-order valence-electron chi connectivity index (χ1n) is 26.5. The Balaban J connectivity index is 2.75. The van der Waals surface area contributed by atoms with Crippen LogP contribution in [-0.4, -0.2) is 171 Å². The van der Waals surface area contributed by atoms with Crippen LogP contribution in [-0.2, 0) is 54.4 Å². The second-order valence-electron chi connectivity index (χ2n) is 18.5. The summed E-state index contributed by atoms with van der Waals surface area (Å²) in [5, 5.41) is 30.9. The summed E-state index contributed by atoms with van der Waals surface area (Å²) in [4.78, 5) is 130. The minimum atomic E-state index is -1.55. The smallest absolute Gasteiger partial charge is 0.326 e. The molecule has 0 saturated heterocycles. The largest absolute Gasteiger partial charge is 0.480 e. The molecule has 0 aromatic heterocycles. The zero-order valence-corrected chi connectivity index (χ0v) is 44.5. The van der Waals surface area contributed by atoms with Gasteiger partial charge in [-0.1, -0.05) is 114 Å². The van der Waals surface area contributed by atoms with Crippen molar-refractivity contribution in [3.8, 4) is 0 Å². The molecule has 0 fully saturated rings. The SMILES string of the molecule is CCCCCCCCCCCCCCCC(=O)N[C@H](CN)C(=O)N[C@H](CN)C(=O)N[C@H](CN)C(=O)N[C@H](CN)C(=O)N[C@H](CN)C(=O)N[C@H](CN)C(=O)N[C@H](CN)C(=O)N[C@H](CN)C(=O)N[C@@H](Cc1ccccc1)C(=O)O. The molecule has 0 unspecified atom stereocenters. The van der Waals surface area contributed by atoms with Gasteiger partial charge in [0.15, 0.2) is 0 Å². The lowest BCUT2D eigenvalue weighted by atomic mass is 10.0. The van der Waals surface area contributed by atoms with Gasteiger partial charge < -0.3 is 98.8 Å². The fraction of sp³-hybridized carbons (Fsp3) is 0.673. The van der Waals surface area contributed by atoms with Crippen LogP contribution in [0.5, 0.6) is 0 Å². The summed E-state index contributed by atoms with van der Waals surface area (Å²) in [5.41, 5.74) is 46.8. The summed E-state index contributed by atoms with van der Waals surface area (Å²) in [5.74, 6) is -9.42. The number of rotatable bonds is 42. The predicted octanol–water partition coefficient (Wildman–Crippen LogP) is -6.17. The molecule has 1 aromatic carbocycles. The molecule has 26 N–H and O–H groups in total. The van der Waals surface area contributed by atoms with Gasteiger partial charge in [0.1, 0.15) is 54.4 Å². The number of benzene rings is 1. The van der Waals surface area contributed by atoms with Crippen LogP contribution >= 0.6 is 0 Å². The molecule has 1 rings (SSSR count). The lowest BCUT2D eigenvalue weighted by Crippen LogP contribution is -2.64. The van der Waals surface area contributed by atoms with Crippen molar-refractivity contribution in [2.24, 2.45) is 45.9 Å². The molecule has 0 aliphatic heterocycles. The number of aliphatic carboxylic acids is 1. The molecule has 9 amide bonds. The number of nitrogens with two attached hydrogens (primary N) is 8. The number of carbonyl (C=O) groups is 10. The van der Waals surface area contributed by atoms with Crippen molar-refractivity contribution >= 4 is 59.1 Å². The van der Waals surface area contributed by atoms with Gasteiger partial charge in [0.2, 0.25) is 53.2 Å². The van der Waals surface area contributed by atoms with Gasteiger partial charge in [-0.25, -0.2) is 4.79 Å². The zero-order valence-electron chi connectivity index (χ0n) is 44.5. The quantitative estimate of drug-likeness (QED) is 0.0271. The first-order chi connectivity index (χ1) is 36.9. The molecule has 0 saturated carbocycles. The van der Waals surface area contributed by atoms with E-state index in [-0.39, 0.29) is 25.3 Å². The van der Waals surface area contributed by atoms with Gasteiger partial charge in [0.05, 0.1) is 0 Å². The molecule has 0 aliphatic rings. The summed E-state index contributed by atoms with van der Waals surface area (Å²) >= 11 is 0. The number of unbranched alkanes of at least 4 members (excludes halogenated alkanes) is 12. The third-order valence-electron chi connectivity index (χ3n) is 12.4. The van der Waals surface area contributed by atoms with Crippen molar-refractivity contribution < 1.29 is 53.1 Å². The molecular weight excluding hydrogens is 1000 g/mol. The summed E-state index contributed by atoms with van der Waals surface area (Å²) in [6.07, 6.45) is 15.0. The number of carboxylic acid groups (broad SMARTS) is 1. The van der Waals surface area contributed by atoms with E-state index in [4.69, 9.17) is 45.9 Å². The van der Waals surface area contributed by atoms with Gasteiger partial charge in [0, 0.05) is 65.2 Å². The lowest BCUT2D eigenvalue weighted by molar-refractivity contribution is -0.142. The average molecular weight is 1090 g/mol. The molecule has 0 aliphatic carbocycles. The van der Waals surface area contributed by atoms with Crippen LogP contribution in [0, 0.1) is 0 Å². The van der Waals surface area contributed by atoms with Gasteiger partial charge in [-0.15, -0.1) is 0 Å². The van der Waals surface area contributed by atoms with Crippen LogP contribution in [0.1, 0.15) is 102 Å². The van der Waals surface area contributed by atoms with E-state index in [9.17, 15) is 53.1 Å². The summed E-state index contributed by atoms with van der Waals surface area (Å²) in [6, 6.07) is -4.59. The third kappa shape index (κ3) is 27.0. The third-order valence-corrected chi connectivity index (χ3v) is 12.4. The number of nitrogens with one attached hydrogen (secondary N) is 9. The van der Waals surface area contributed by atoms with Crippen molar-refractivity contribution in [2.75, 3.05) is 52.4 Å². The Morgan fingerprint density at radius 3 is 0.831 bits per heavy atom. The molecule has 0 bridgehead atoms. The highest BCUT2D eigenvalue weighted by Crippen LogP contribution is 2.13. The molecular formula is C49H89N17O11. The first-order valence-corrected chi connectivity index (χ1v) is 26.5. The van der Waals surface area contributed by atoms with Crippen molar-refractivity contribution in [1.82, 2.24) is 47.9 Å². The van der Waals surface area contributed by atoms with Gasteiger partial charge in [-0.05, 0) is 12.0 Å². The minimum Gasteiger partial charge on any atom is -0.480 e. The van der Waals surface area contributed by atoms with E-state index < -0.39 is 153 Å². The topological polar surface area (TPSA) is 507 Å². The van der Waals surface area contributed by atoms with Crippen molar-refractivity contribution in [1.29, 1.82) is 0 Å². The fourth-order valence-electron chi connectivity index (χ4n) is 7.65. The van der Waals surface area contributed by atoms with Crippen LogP contribution in [0.2, 0.25) is 0 Å². The molecule has 0 radical (unpaired) electrons. The van der Waals surface area contributed by atoms with Crippen molar-refractivity contribution in [3.05, 3.63) is 35.9 Å². The minimum absolute atomic E-state index is 0.0710. The van der Waals surface area contributed by atoms with E-state index in [1.807, 2.05) is 0 Å². The van der Waals surface area contributed by atoms with Crippen LogP contribution in [0.25, 0.3) is 0 Å². The summed E-state index contributed by atoms with van der Waals surface area (Å²) < 4.78 is 0. The van der Waals surface area contributed by atoms with Crippen molar-refractivity contribution in [2.45, 2.75) is 158 Å². The molecule has 436 valence electrons. The molecule has 9 atom stereocenters. The van der Waals surface area contributed by atoms with Gasteiger partial charge in [-0.3, -0.25) is 43.2 Å². The van der Waals surface area contributed by atoms with Crippen LogP contribution in [0.3, 0.4) is 0 Å². The first kappa shape index (κ1) is 68.6. The van der Waals surface area contributed by atoms with Crippen molar-refractivity contribution in [3.63, 3.8) is 0 Å². The predicted molar refractivity (Wildman–Crippen MR) is 288 cm³/mol. The Bertz CT molecular complexity index is 1990. The summed E-state index contributed by atoms with van der Waals surface area (Å²) in [7, 11) is 0. The second kappa shape index (κ2) is 39.9. The Morgan fingerprint density at radius 1 is 0.351 bits per heavy atom. The average Bonchev–Trinajstić information content (AvgIpc) is 3.42. The second-order valence-corrected chi connectivity index (χ2v) is 18.5. The summed E-state index contributed by atoms with van der Waals surface area (Å²) in [6.45, 7) is -1.62.